The molecule has 1 fully saturated rings. The number of amides is 1. The van der Waals surface area contributed by atoms with Gasteiger partial charge in [0, 0.05) is 38.1 Å². The second kappa shape index (κ2) is 8.89. The van der Waals surface area contributed by atoms with Crippen LogP contribution in [0.2, 0.25) is 0 Å². The van der Waals surface area contributed by atoms with Gasteiger partial charge in [-0.15, -0.1) is 0 Å². The Bertz CT molecular complexity index is 1070. The molecule has 0 spiro atoms. The molecular formula is C24H30N6O. The number of nitrogens with zero attached hydrogens (tertiary/aromatic N) is 5. The van der Waals surface area contributed by atoms with E-state index >= 15 is 0 Å². The first-order valence-electron chi connectivity index (χ1n) is 10.7. The molecule has 0 aliphatic carbocycles. The van der Waals surface area contributed by atoms with E-state index in [1.807, 2.05) is 48.9 Å². The smallest absolute Gasteiger partial charge is 0.238 e. The van der Waals surface area contributed by atoms with Crippen LogP contribution in [0, 0.1) is 27.7 Å². The quantitative estimate of drug-likeness (QED) is 0.689. The Morgan fingerprint density at radius 2 is 1.81 bits per heavy atom. The van der Waals surface area contributed by atoms with Crippen LogP contribution in [0.4, 0.5) is 11.4 Å². The minimum absolute atomic E-state index is 0.0377. The lowest BCUT2D eigenvalue weighted by Crippen LogP contribution is -2.49. The Balaban J connectivity index is 1.37. The monoisotopic (exact) mass is 418 g/mol. The summed E-state index contributed by atoms with van der Waals surface area (Å²) >= 11 is 0. The topological polar surface area (TPSA) is 66.3 Å². The SMILES string of the molecule is Cc1ccc(NC(=O)CN2CCN(c3c(C)nn(-c4ccccn4)c3C)CC2)c(C)c1. The predicted octanol–water partition coefficient (Wildman–Crippen LogP) is 3.26. The molecular weight excluding hydrogens is 388 g/mol. The zero-order valence-corrected chi connectivity index (χ0v) is 18.7. The van der Waals surface area contributed by atoms with Gasteiger partial charge in [-0.3, -0.25) is 9.69 Å². The highest BCUT2D eigenvalue weighted by Gasteiger charge is 2.24. The molecule has 0 unspecified atom stereocenters. The molecule has 0 radical (unpaired) electrons. The number of pyridine rings is 1. The Hall–Kier alpha value is -3.19. The maximum absolute atomic E-state index is 12.6. The van der Waals surface area contributed by atoms with Crippen molar-refractivity contribution < 1.29 is 4.79 Å². The van der Waals surface area contributed by atoms with Gasteiger partial charge in [0.1, 0.15) is 0 Å². The third-order valence-corrected chi connectivity index (χ3v) is 5.83. The lowest BCUT2D eigenvalue weighted by atomic mass is 10.1. The number of hydrogen-bond acceptors (Lipinski definition) is 5. The molecule has 2 aromatic heterocycles. The van der Waals surface area contributed by atoms with Crippen molar-refractivity contribution in [3.05, 3.63) is 65.1 Å². The number of aromatic nitrogens is 3. The second-order valence-electron chi connectivity index (χ2n) is 8.25. The molecule has 1 saturated heterocycles. The number of nitrogens with one attached hydrogen (secondary N) is 1. The van der Waals surface area contributed by atoms with Gasteiger partial charge in [0.15, 0.2) is 5.82 Å². The van der Waals surface area contributed by atoms with Gasteiger partial charge >= 0.3 is 0 Å². The van der Waals surface area contributed by atoms with E-state index in [0.29, 0.717) is 6.54 Å². The van der Waals surface area contributed by atoms with Crippen LogP contribution in [-0.2, 0) is 4.79 Å². The standard InChI is InChI=1S/C24H30N6O/c1-17-8-9-21(18(2)15-17)26-23(31)16-28-11-13-29(14-12-28)24-19(3)27-30(20(24)4)22-7-5-6-10-25-22/h5-10,15H,11-14,16H2,1-4H3,(H,26,31). The van der Waals surface area contributed by atoms with Crippen molar-refractivity contribution >= 4 is 17.3 Å². The highest BCUT2D eigenvalue weighted by atomic mass is 16.2. The number of carbonyl (C=O) groups is 1. The van der Waals surface area contributed by atoms with Crippen molar-refractivity contribution in [2.24, 2.45) is 0 Å². The van der Waals surface area contributed by atoms with E-state index in [1.165, 1.54) is 11.3 Å². The lowest BCUT2D eigenvalue weighted by Gasteiger charge is -2.35. The molecule has 0 saturated carbocycles. The molecule has 0 atom stereocenters. The van der Waals surface area contributed by atoms with E-state index < -0.39 is 0 Å². The Kier molecular flexibility index (Phi) is 6.04. The van der Waals surface area contributed by atoms with Gasteiger partial charge < -0.3 is 10.2 Å². The van der Waals surface area contributed by atoms with Crippen molar-refractivity contribution in [1.29, 1.82) is 0 Å². The van der Waals surface area contributed by atoms with Crippen molar-refractivity contribution in [3.8, 4) is 5.82 Å². The van der Waals surface area contributed by atoms with Crippen LogP contribution in [-0.4, -0.2) is 58.3 Å². The van der Waals surface area contributed by atoms with Crippen LogP contribution in [0.3, 0.4) is 0 Å². The molecule has 1 aliphatic heterocycles. The zero-order valence-electron chi connectivity index (χ0n) is 18.7. The van der Waals surface area contributed by atoms with Gasteiger partial charge in [-0.25, -0.2) is 9.67 Å². The van der Waals surface area contributed by atoms with Crippen molar-refractivity contribution in [2.45, 2.75) is 27.7 Å². The summed E-state index contributed by atoms with van der Waals surface area (Å²) < 4.78 is 1.91. The van der Waals surface area contributed by atoms with Gasteiger partial charge in [0.2, 0.25) is 5.91 Å². The number of anilines is 2. The second-order valence-corrected chi connectivity index (χ2v) is 8.25. The maximum atomic E-state index is 12.6. The largest absolute Gasteiger partial charge is 0.366 e. The van der Waals surface area contributed by atoms with Gasteiger partial charge in [0.05, 0.1) is 23.6 Å². The normalized spacial score (nSPS) is 14.6. The molecule has 3 heterocycles. The van der Waals surface area contributed by atoms with Crippen molar-refractivity contribution in [3.63, 3.8) is 0 Å². The number of hydrogen-bond donors (Lipinski definition) is 1. The highest BCUT2D eigenvalue weighted by molar-refractivity contribution is 5.93. The fourth-order valence-corrected chi connectivity index (χ4v) is 4.27. The Labute approximate surface area is 183 Å². The van der Waals surface area contributed by atoms with E-state index in [4.69, 9.17) is 5.10 Å². The minimum atomic E-state index is 0.0377. The van der Waals surface area contributed by atoms with E-state index in [1.54, 1.807) is 6.20 Å². The van der Waals surface area contributed by atoms with E-state index in [2.05, 4.69) is 40.0 Å². The minimum Gasteiger partial charge on any atom is -0.366 e. The predicted molar refractivity (Wildman–Crippen MR) is 124 cm³/mol. The number of rotatable bonds is 5. The van der Waals surface area contributed by atoms with Gasteiger partial charge in [-0.05, 0) is 51.5 Å². The van der Waals surface area contributed by atoms with E-state index in [9.17, 15) is 4.79 Å². The summed E-state index contributed by atoms with van der Waals surface area (Å²) in [4.78, 5) is 21.6. The number of benzene rings is 1. The first kappa shape index (κ1) is 21.1. The lowest BCUT2D eigenvalue weighted by molar-refractivity contribution is -0.117. The van der Waals surface area contributed by atoms with Crippen LogP contribution >= 0.6 is 0 Å². The molecule has 1 aliphatic rings. The molecule has 4 rings (SSSR count). The molecule has 1 N–H and O–H groups in total. The summed E-state index contributed by atoms with van der Waals surface area (Å²) in [6.07, 6.45) is 1.79. The van der Waals surface area contributed by atoms with Crippen LogP contribution < -0.4 is 10.2 Å². The Morgan fingerprint density at radius 3 is 2.48 bits per heavy atom. The molecule has 0 bridgehead atoms. The first-order valence-corrected chi connectivity index (χ1v) is 10.7. The average Bonchev–Trinajstić information content (AvgIpc) is 3.05. The molecule has 7 heteroatoms. The van der Waals surface area contributed by atoms with Gasteiger partial charge in [0.25, 0.3) is 0 Å². The zero-order chi connectivity index (χ0) is 22.0. The van der Waals surface area contributed by atoms with Crippen molar-refractivity contribution in [1.82, 2.24) is 19.7 Å². The average molecular weight is 419 g/mol. The molecule has 3 aromatic rings. The summed E-state index contributed by atoms with van der Waals surface area (Å²) in [5.41, 5.74) is 6.45. The van der Waals surface area contributed by atoms with E-state index in [-0.39, 0.29) is 5.91 Å². The molecule has 7 nitrogen and oxygen atoms in total. The van der Waals surface area contributed by atoms with Crippen LogP contribution in [0.15, 0.2) is 42.6 Å². The van der Waals surface area contributed by atoms with Gasteiger partial charge in [-0.2, -0.15) is 5.10 Å². The van der Waals surface area contributed by atoms with Crippen LogP contribution in [0.5, 0.6) is 0 Å². The number of piperazine rings is 1. The third-order valence-electron chi connectivity index (χ3n) is 5.83. The maximum Gasteiger partial charge on any atom is 0.238 e. The van der Waals surface area contributed by atoms with Crippen molar-refractivity contribution in [2.75, 3.05) is 42.9 Å². The molecule has 1 amide bonds. The van der Waals surface area contributed by atoms with E-state index in [0.717, 1.165) is 54.6 Å². The molecule has 31 heavy (non-hydrogen) atoms. The van der Waals surface area contributed by atoms with Gasteiger partial charge in [-0.1, -0.05) is 23.8 Å². The summed E-state index contributed by atoms with van der Waals surface area (Å²) in [5, 5.41) is 7.77. The molecule has 1 aromatic carbocycles. The summed E-state index contributed by atoms with van der Waals surface area (Å²) in [6, 6.07) is 11.9. The summed E-state index contributed by atoms with van der Waals surface area (Å²) in [6.45, 7) is 12.0. The highest BCUT2D eigenvalue weighted by Crippen LogP contribution is 2.27. The van der Waals surface area contributed by atoms with Crippen LogP contribution in [0.1, 0.15) is 22.5 Å². The number of aryl methyl sites for hydroxylation is 3. The van der Waals surface area contributed by atoms with Crippen LogP contribution in [0.25, 0.3) is 5.82 Å². The fraction of sp³-hybridized carbons (Fsp3) is 0.375. The third kappa shape index (κ3) is 4.61. The summed E-state index contributed by atoms with van der Waals surface area (Å²) in [7, 11) is 0. The summed E-state index contributed by atoms with van der Waals surface area (Å²) in [5.74, 6) is 0.867. The first-order chi connectivity index (χ1) is 14.9. The molecule has 162 valence electrons. The Morgan fingerprint density at radius 1 is 1.03 bits per heavy atom. The number of carbonyl (C=O) groups excluding carboxylic acids is 1. The fourth-order valence-electron chi connectivity index (χ4n) is 4.27.